The van der Waals surface area contributed by atoms with E-state index in [9.17, 15) is 0 Å². The van der Waals surface area contributed by atoms with E-state index in [0.717, 1.165) is 18.0 Å². The number of aromatic nitrogens is 2. The second-order valence-corrected chi connectivity index (χ2v) is 4.86. The van der Waals surface area contributed by atoms with Crippen molar-refractivity contribution in [1.29, 1.82) is 0 Å². The molecule has 1 N–H and O–H groups in total. The summed E-state index contributed by atoms with van der Waals surface area (Å²) < 4.78 is 7.69. The maximum Gasteiger partial charge on any atom is 0.132 e. The van der Waals surface area contributed by atoms with Crippen molar-refractivity contribution >= 4 is 0 Å². The molecule has 2 aromatic rings. The molecule has 0 bridgehead atoms. The Morgan fingerprint density at radius 2 is 1.95 bits per heavy atom. The van der Waals surface area contributed by atoms with Crippen LogP contribution in [0.2, 0.25) is 0 Å². The third-order valence-corrected chi connectivity index (χ3v) is 3.03. The Balaban J connectivity index is 2.11. The summed E-state index contributed by atoms with van der Waals surface area (Å²) in [6.07, 6.45) is 1.93. The van der Waals surface area contributed by atoms with Gasteiger partial charge < -0.3 is 10.1 Å². The summed E-state index contributed by atoms with van der Waals surface area (Å²) in [5.74, 6) is 0.963. The number of nitrogens with zero attached hydrogens (tertiary/aromatic N) is 2. The second kappa shape index (κ2) is 5.89. The highest BCUT2D eigenvalue weighted by molar-refractivity contribution is 5.43. The lowest BCUT2D eigenvalue weighted by molar-refractivity contribution is 0.296. The first kappa shape index (κ1) is 13.6. The van der Waals surface area contributed by atoms with Gasteiger partial charge in [-0.2, -0.15) is 5.10 Å². The number of hydrogen-bond acceptors (Lipinski definition) is 3. The monoisotopic (exact) mass is 259 g/mol. The summed E-state index contributed by atoms with van der Waals surface area (Å²) in [5, 5.41) is 7.48. The van der Waals surface area contributed by atoms with Crippen LogP contribution in [0.1, 0.15) is 22.4 Å². The van der Waals surface area contributed by atoms with Gasteiger partial charge in [0.15, 0.2) is 0 Å². The van der Waals surface area contributed by atoms with Crippen molar-refractivity contribution in [1.82, 2.24) is 15.1 Å². The number of rotatable bonds is 5. The van der Waals surface area contributed by atoms with E-state index < -0.39 is 0 Å². The van der Waals surface area contributed by atoms with Crippen LogP contribution in [0.3, 0.4) is 0 Å². The minimum atomic E-state index is 0.508. The topological polar surface area (TPSA) is 39.1 Å². The smallest absolute Gasteiger partial charge is 0.132 e. The molecule has 0 unspecified atom stereocenters. The van der Waals surface area contributed by atoms with Crippen LogP contribution in [0.25, 0.3) is 0 Å². The van der Waals surface area contributed by atoms with Crippen LogP contribution in [0.15, 0.2) is 24.4 Å². The molecule has 0 radical (unpaired) electrons. The summed E-state index contributed by atoms with van der Waals surface area (Å²) in [6.45, 7) is 5.55. The van der Waals surface area contributed by atoms with Crippen LogP contribution < -0.4 is 10.1 Å². The summed E-state index contributed by atoms with van der Waals surface area (Å²) in [7, 11) is 3.86. The van der Waals surface area contributed by atoms with Crippen molar-refractivity contribution in [2.75, 3.05) is 7.05 Å². The fraction of sp³-hybridized carbons (Fsp3) is 0.400. The molecule has 4 heteroatoms. The molecular weight excluding hydrogens is 238 g/mol. The van der Waals surface area contributed by atoms with E-state index >= 15 is 0 Å². The molecule has 0 aliphatic rings. The zero-order valence-corrected chi connectivity index (χ0v) is 12.0. The molecule has 102 valence electrons. The first-order valence-corrected chi connectivity index (χ1v) is 6.46. The fourth-order valence-corrected chi connectivity index (χ4v) is 2.26. The third kappa shape index (κ3) is 3.35. The predicted molar refractivity (Wildman–Crippen MR) is 76.2 cm³/mol. The van der Waals surface area contributed by atoms with E-state index in [1.807, 2.05) is 26.4 Å². The molecule has 2 rings (SSSR count). The minimum absolute atomic E-state index is 0.508. The maximum absolute atomic E-state index is 5.90. The van der Waals surface area contributed by atoms with Crippen molar-refractivity contribution < 1.29 is 4.74 Å². The largest absolute Gasteiger partial charge is 0.487 e. The Labute approximate surface area is 114 Å². The highest BCUT2D eigenvalue weighted by atomic mass is 16.5. The Morgan fingerprint density at radius 3 is 2.47 bits per heavy atom. The molecule has 1 heterocycles. The molecule has 0 aliphatic heterocycles. The van der Waals surface area contributed by atoms with Crippen molar-refractivity contribution in [3.05, 3.63) is 46.8 Å². The Morgan fingerprint density at radius 1 is 1.26 bits per heavy atom. The van der Waals surface area contributed by atoms with Gasteiger partial charge in [0.25, 0.3) is 0 Å². The lowest BCUT2D eigenvalue weighted by atomic mass is 10.1. The zero-order valence-electron chi connectivity index (χ0n) is 12.0. The van der Waals surface area contributed by atoms with Crippen LogP contribution in [-0.2, 0) is 20.2 Å². The minimum Gasteiger partial charge on any atom is -0.487 e. The molecule has 0 saturated carbocycles. The molecule has 1 aromatic heterocycles. The predicted octanol–water partition coefficient (Wildman–Crippen LogP) is 2.34. The van der Waals surface area contributed by atoms with Gasteiger partial charge in [0, 0.05) is 19.8 Å². The van der Waals surface area contributed by atoms with Crippen LogP contribution in [0, 0.1) is 13.8 Å². The van der Waals surface area contributed by atoms with Crippen molar-refractivity contribution in [3.8, 4) is 5.75 Å². The molecule has 0 fully saturated rings. The van der Waals surface area contributed by atoms with Gasteiger partial charge in [0.2, 0.25) is 0 Å². The van der Waals surface area contributed by atoms with Gasteiger partial charge in [0.05, 0.1) is 5.69 Å². The number of benzene rings is 1. The Kier molecular flexibility index (Phi) is 4.22. The van der Waals surface area contributed by atoms with Gasteiger partial charge in [-0.25, -0.2) is 0 Å². The quantitative estimate of drug-likeness (QED) is 0.895. The van der Waals surface area contributed by atoms with Crippen molar-refractivity contribution in [3.63, 3.8) is 0 Å². The van der Waals surface area contributed by atoms with E-state index in [4.69, 9.17) is 4.74 Å². The molecule has 0 aliphatic carbocycles. The molecule has 1 aromatic carbocycles. The van der Waals surface area contributed by atoms with Gasteiger partial charge in [-0.05, 0) is 43.7 Å². The lowest BCUT2D eigenvalue weighted by Crippen LogP contribution is -2.07. The number of nitrogens with one attached hydrogen (secondary N) is 1. The summed E-state index contributed by atoms with van der Waals surface area (Å²) >= 11 is 0. The number of aryl methyl sites for hydroxylation is 3. The highest BCUT2D eigenvalue weighted by Crippen LogP contribution is 2.25. The molecule has 19 heavy (non-hydrogen) atoms. The fourth-order valence-electron chi connectivity index (χ4n) is 2.26. The molecule has 0 atom stereocenters. The van der Waals surface area contributed by atoms with Gasteiger partial charge >= 0.3 is 0 Å². The zero-order chi connectivity index (χ0) is 13.8. The van der Waals surface area contributed by atoms with Gasteiger partial charge in [-0.3, -0.25) is 4.68 Å². The van der Waals surface area contributed by atoms with Crippen molar-refractivity contribution in [2.24, 2.45) is 7.05 Å². The lowest BCUT2D eigenvalue weighted by Gasteiger charge is -2.13. The Hall–Kier alpha value is -1.81. The number of ether oxygens (including phenoxy) is 1. The normalized spacial score (nSPS) is 10.7. The van der Waals surface area contributed by atoms with Crippen molar-refractivity contribution in [2.45, 2.75) is 27.0 Å². The highest BCUT2D eigenvalue weighted by Gasteiger charge is 2.07. The number of hydrogen-bond donors (Lipinski definition) is 1. The molecule has 4 nitrogen and oxygen atoms in total. The summed E-state index contributed by atoms with van der Waals surface area (Å²) in [4.78, 5) is 0. The SMILES string of the molecule is CNCc1cc(C)c(OCc2ccn(C)n2)c(C)c1. The third-order valence-electron chi connectivity index (χ3n) is 3.03. The maximum atomic E-state index is 5.90. The van der Waals surface area contributed by atoms with E-state index in [1.165, 1.54) is 16.7 Å². The van der Waals surface area contributed by atoms with Crippen LogP contribution in [0.5, 0.6) is 5.75 Å². The van der Waals surface area contributed by atoms with Crippen LogP contribution in [0.4, 0.5) is 0 Å². The van der Waals surface area contributed by atoms with E-state index in [1.54, 1.807) is 4.68 Å². The van der Waals surface area contributed by atoms with E-state index in [2.05, 4.69) is 36.4 Å². The summed E-state index contributed by atoms with van der Waals surface area (Å²) in [5.41, 5.74) is 4.56. The standard InChI is InChI=1S/C15H21N3O/c1-11-7-13(9-16-3)8-12(2)15(11)19-10-14-5-6-18(4)17-14/h5-8,16H,9-10H2,1-4H3. The van der Waals surface area contributed by atoms with Gasteiger partial charge in [-0.15, -0.1) is 0 Å². The second-order valence-electron chi connectivity index (χ2n) is 4.86. The van der Waals surface area contributed by atoms with Gasteiger partial charge in [-0.1, -0.05) is 12.1 Å². The molecule has 0 spiro atoms. The Bertz CT molecular complexity index is 537. The van der Waals surface area contributed by atoms with Crippen LogP contribution in [-0.4, -0.2) is 16.8 Å². The first-order chi connectivity index (χ1) is 9.10. The summed E-state index contributed by atoms with van der Waals surface area (Å²) in [6, 6.07) is 6.30. The average Bonchev–Trinajstić information content (AvgIpc) is 2.74. The van der Waals surface area contributed by atoms with E-state index in [-0.39, 0.29) is 0 Å². The average molecular weight is 259 g/mol. The van der Waals surface area contributed by atoms with Crippen LogP contribution >= 0.6 is 0 Å². The molecule has 0 saturated heterocycles. The molecular formula is C15H21N3O. The van der Waals surface area contributed by atoms with E-state index in [0.29, 0.717) is 6.61 Å². The molecule has 0 amide bonds. The van der Waals surface area contributed by atoms with Gasteiger partial charge in [0.1, 0.15) is 12.4 Å². The first-order valence-electron chi connectivity index (χ1n) is 6.46.